The van der Waals surface area contributed by atoms with Crippen molar-refractivity contribution in [3.8, 4) is 0 Å². The molecule has 0 saturated carbocycles. The van der Waals surface area contributed by atoms with E-state index in [2.05, 4.69) is 64.6 Å². The minimum absolute atomic E-state index is 0. The minimum atomic E-state index is -0.452. The Balaban J connectivity index is 0.00000272. The molecule has 0 atom stereocenters. The minimum Gasteiger partial charge on any atom is -0.383 e. The van der Waals surface area contributed by atoms with Crippen LogP contribution in [0, 0.1) is 10.1 Å². The standard InChI is InChI=1S/C23H23ClN4O2.ClH/c1-2-27-22-6-4-3-5-18(22)19-13-16(7-10-23(19)27)15-25-11-12-26-21-9-8-17(28(29)30)14-20(21)24;/h3-10,13-14,25-26H,2,11-12,15H2,1H3;1H. The molecule has 0 radical (unpaired) electrons. The highest BCUT2D eigenvalue weighted by molar-refractivity contribution is 6.33. The smallest absolute Gasteiger partial charge is 0.271 e. The molecule has 8 heteroatoms. The fraction of sp³-hybridized carbons (Fsp3) is 0.217. The maximum absolute atomic E-state index is 10.8. The Hall–Kier alpha value is -2.80. The second-order valence-electron chi connectivity index (χ2n) is 7.14. The lowest BCUT2D eigenvalue weighted by atomic mass is 10.1. The van der Waals surface area contributed by atoms with Crippen molar-refractivity contribution in [2.24, 2.45) is 0 Å². The van der Waals surface area contributed by atoms with Crippen LogP contribution in [0.2, 0.25) is 5.02 Å². The summed E-state index contributed by atoms with van der Waals surface area (Å²) in [6.07, 6.45) is 0. The third kappa shape index (κ3) is 4.77. The van der Waals surface area contributed by atoms with Crippen molar-refractivity contribution < 1.29 is 4.92 Å². The van der Waals surface area contributed by atoms with Crippen molar-refractivity contribution >= 4 is 57.2 Å². The highest BCUT2D eigenvalue weighted by Gasteiger charge is 2.10. The second-order valence-corrected chi connectivity index (χ2v) is 7.54. The molecule has 2 N–H and O–H groups in total. The zero-order chi connectivity index (χ0) is 21.1. The summed E-state index contributed by atoms with van der Waals surface area (Å²) in [5.41, 5.74) is 4.44. The molecule has 3 aromatic carbocycles. The van der Waals surface area contributed by atoms with Crippen LogP contribution in [-0.4, -0.2) is 22.6 Å². The fourth-order valence-electron chi connectivity index (χ4n) is 3.83. The van der Waals surface area contributed by atoms with Crippen LogP contribution >= 0.6 is 24.0 Å². The number of nitrogens with one attached hydrogen (secondary N) is 2. The van der Waals surface area contributed by atoms with Crippen molar-refractivity contribution in [2.75, 3.05) is 18.4 Å². The number of anilines is 1. The van der Waals surface area contributed by atoms with Crippen molar-refractivity contribution in [3.05, 3.63) is 81.4 Å². The van der Waals surface area contributed by atoms with Crippen molar-refractivity contribution in [2.45, 2.75) is 20.0 Å². The summed E-state index contributed by atoms with van der Waals surface area (Å²) in [5.74, 6) is 0. The predicted molar refractivity (Wildman–Crippen MR) is 131 cm³/mol. The average molecular weight is 459 g/mol. The molecule has 0 bridgehead atoms. The number of benzene rings is 3. The number of hydrogen-bond donors (Lipinski definition) is 2. The number of nitro benzene ring substituents is 1. The van der Waals surface area contributed by atoms with Crippen molar-refractivity contribution in [1.82, 2.24) is 9.88 Å². The largest absolute Gasteiger partial charge is 0.383 e. The number of nitrogens with zero attached hydrogens (tertiary/aromatic N) is 2. The van der Waals surface area contributed by atoms with E-state index in [-0.39, 0.29) is 18.1 Å². The molecule has 4 aromatic rings. The quantitative estimate of drug-likeness (QED) is 0.193. The molecule has 31 heavy (non-hydrogen) atoms. The van der Waals surface area contributed by atoms with E-state index in [0.29, 0.717) is 17.3 Å². The van der Waals surface area contributed by atoms with Gasteiger partial charge < -0.3 is 15.2 Å². The lowest BCUT2D eigenvalue weighted by Gasteiger charge is -2.10. The first-order valence-electron chi connectivity index (χ1n) is 9.97. The normalized spacial score (nSPS) is 10.9. The monoisotopic (exact) mass is 458 g/mol. The molecule has 0 aliphatic heterocycles. The van der Waals surface area contributed by atoms with Gasteiger partial charge in [-0.05, 0) is 36.8 Å². The summed E-state index contributed by atoms with van der Waals surface area (Å²) in [5, 5.41) is 20.3. The zero-order valence-corrected chi connectivity index (χ0v) is 18.7. The Morgan fingerprint density at radius 1 is 1.00 bits per heavy atom. The van der Waals surface area contributed by atoms with Crippen LogP contribution < -0.4 is 10.6 Å². The number of fused-ring (bicyclic) bond motifs is 3. The van der Waals surface area contributed by atoms with Gasteiger partial charge in [0.2, 0.25) is 0 Å². The van der Waals surface area contributed by atoms with E-state index in [0.717, 1.165) is 19.6 Å². The van der Waals surface area contributed by atoms with E-state index in [9.17, 15) is 10.1 Å². The molecule has 0 aliphatic rings. The van der Waals surface area contributed by atoms with Gasteiger partial charge in [0.05, 0.1) is 15.6 Å². The summed E-state index contributed by atoms with van der Waals surface area (Å²) in [4.78, 5) is 10.3. The summed E-state index contributed by atoms with van der Waals surface area (Å²) in [6.45, 7) is 5.28. The number of halogens is 2. The number of nitro groups is 1. The number of non-ortho nitro benzene ring substituents is 1. The lowest BCUT2D eigenvalue weighted by Crippen LogP contribution is -2.21. The zero-order valence-electron chi connectivity index (χ0n) is 17.1. The maximum atomic E-state index is 10.8. The number of aromatic nitrogens is 1. The van der Waals surface area contributed by atoms with Gasteiger partial charge in [0, 0.05) is 60.1 Å². The van der Waals surface area contributed by atoms with Gasteiger partial charge in [-0.3, -0.25) is 10.1 Å². The Morgan fingerprint density at radius 3 is 2.52 bits per heavy atom. The van der Waals surface area contributed by atoms with Gasteiger partial charge in [0.1, 0.15) is 0 Å². The van der Waals surface area contributed by atoms with Gasteiger partial charge in [-0.25, -0.2) is 0 Å². The summed E-state index contributed by atoms with van der Waals surface area (Å²) in [7, 11) is 0. The number of para-hydroxylation sites is 1. The molecular weight excluding hydrogens is 435 g/mol. The number of rotatable bonds is 8. The molecule has 0 fully saturated rings. The number of hydrogen-bond acceptors (Lipinski definition) is 4. The molecule has 162 valence electrons. The van der Waals surface area contributed by atoms with E-state index in [1.54, 1.807) is 6.07 Å². The van der Waals surface area contributed by atoms with E-state index in [4.69, 9.17) is 11.6 Å². The molecule has 0 unspecified atom stereocenters. The Kier molecular flexibility index (Phi) is 7.38. The van der Waals surface area contributed by atoms with E-state index < -0.39 is 4.92 Å². The van der Waals surface area contributed by atoms with Crippen LogP contribution in [-0.2, 0) is 13.1 Å². The molecule has 0 spiro atoms. The highest BCUT2D eigenvalue weighted by Crippen LogP contribution is 2.30. The van der Waals surface area contributed by atoms with Crippen LogP contribution in [0.3, 0.4) is 0 Å². The van der Waals surface area contributed by atoms with Crippen LogP contribution in [0.15, 0.2) is 60.7 Å². The first-order valence-corrected chi connectivity index (χ1v) is 10.3. The fourth-order valence-corrected chi connectivity index (χ4v) is 4.07. The number of aryl methyl sites for hydroxylation is 1. The SMILES string of the molecule is CCn1c2ccccc2c2cc(CNCCNc3ccc([N+](=O)[O-])cc3Cl)ccc21.Cl. The van der Waals surface area contributed by atoms with Crippen molar-refractivity contribution in [3.63, 3.8) is 0 Å². The topological polar surface area (TPSA) is 72.1 Å². The first kappa shape index (κ1) is 22.9. The summed E-state index contributed by atoms with van der Waals surface area (Å²) in [6, 6.07) is 19.6. The predicted octanol–water partition coefficient (Wildman–Crippen LogP) is 6.00. The van der Waals surface area contributed by atoms with Gasteiger partial charge in [-0.15, -0.1) is 12.4 Å². The highest BCUT2D eigenvalue weighted by atomic mass is 35.5. The summed E-state index contributed by atoms with van der Waals surface area (Å²) >= 11 is 6.11. The van der Waals surface area contributed by atoms with Gasteiger partial charge in [0.25, 0.3) is 5.69 Å². The molecular formula is C23H24Cl2N4O2. The van der Waals surface area contributed by atoms with Gasteiger partial charge in [0.15, 0.2) is 0 Å². The summed E-state index contributed by atoms with van der Waals surface area (Å²) < 4.78 is 2.35. The lowest BCUT2D eigenvalue weighted by molar-refractivity contribution is -0.384. The third-order valence-electron chi connectivity index (χ3n) is 5.26. The molecule has 0 saturated heterocycles. The Bertz CT molecular complexity index is 1220. The van der Waals surface area contributed by atoms with Crippen LogP contribution in [0.1, 0.15) is 12.5 Å². The van der Waals surface area contributed by atoms with E-state index in [1.807, 2.05) is 0 Å². The Morgan fingerprint density at radius 2 is 1.77 bits per heavy atom. The molecule has 6 nitrogen and oxygen atoms in total. The van der Waals surface area contributed by atoms with Crippen LogP contribution in [0.5, 0.6) is 0 Å². The van der Waals surface area contributed by atoms with E-state index in [1.165, 1.54) is 39.5 Å². The van der Waals surface area contributed by atoms with Crippen molar-refractivity contribution in [1.29, 1.82) is 0 Å². The average Bonchev–Trinajstić information content (AvgIpc) is 3.07. The maximum Gasteiger partial charge on any atom is 0.271 e. The van der Waals surface area contributed by atoms with Gasteiger partial charge >= 0.3 is 0 Å². The van der Waals surface area contributed by atoms with E-state index >= 15 is 0 Å². The second kappa shape index (κ2) is 10.0. The van der Waals surface area contributed by atoms with Gasteiger partial charge in [-0.1, -0.05) is 35.9 Å². The molecule has 1 aromatic heterocycles. The molecule has 1 heterocycles. The van der Waals surface area contributed by atoms with Crippen LogP contribution in [0.4, 0.5) is 11.4 Å². The Labute approximate surface area is 191 Å². The molecule has 0 aliphatic carbocycles. The first-order chi connectivity index (χ1) is 14.6. The van der Waals surface area contributed by atoms with Gasteiger partial charge in [-0.2, -0.15) is 0 Å². The van der Waals surface area contributed by atoms with Crippen LogP contribution in [0.25, 0.3) is 21.8 Å². The molecule has 0 amide bonds. The third-order valence-corrected chi connectivity index (χ3v) is 5.58. The molecule has 4 rings (SSSR count).